The number of hydrogen-bond acceptors (Lipinski definition) is 7. The van der Waals surface area contributed by atoms with E-state index in [1.807, 2.05) is 237 Å². The monoisotopic (exact) mass is 1890 g/mol. The van der Waals surface area contributed by atoms with E-state index < -0.39 is 20.6 Å². The predicted octanol–water partition coefficient (Wildman–Crippen LogP) is 23.4. The Kier molecular flexibility index (Phi) is 24.9. The van der Waals surface area contributed by atoms with Gasteiger partial charge in [-0.05, 0) is 124 Å². The summed E-state index contributed by atoms with van der Waals surface area (Å²) in [6, 6.07) is 119. The standard InChI is InChI=1S/2C18H14N.C17H10NO.C17H12N.2C12H10N.3Ir/c2*1-14-12-18(16-10-6-3-7-11-16)19-13-17(14)15-8-4-2-5-9-15;1-2-10-16-12(6-1)13-7-5-8-14(17(13)19-16)15-9-3-4-11-18-15;1-3-7-14(8-4-1)16-11-12-18-17(13-16)15-9-5-2-6-10-15;2*1-10-7-8-12(13-9-10)11-5-3-2-4-6-11;;;/h2*2-10,12-13H,1H3;1-7,9-11H;1-9,11-13H;2*2-5,7-9H,1H3;;;/q6*-1;;;/i1D3;;;;2*1D3;;;. The third kappa shape index (κ3) is 21.2. The summed E-state index contributed by atoms with van der Waals surface area (Å²) in [5.74, 6) is 0. The second-order valence-electron chi connectivity index (χ2n) is 22.7. The summed E-state index contributed by atoms with van der Waals surface area (Å²) in [7, 11) is 0. The first kappa shape index (κ1) is 64.9. The number of fused-ring (bicyclic) bond motifs is 3. The van der Waals surface area contributed by atoms with E-state index in [0.29, 0.717) is 16.8 Å². The van der Waals surface area contributed by atoms with Crippen molar-refractivity contribution in [2.75, 3.05) is 0 Å². The minimum absolute atomic E-state index is 0. The zero-order chi connectivity index (χ0) is 76.7. The quantitative estimate of drug-likeness (QED) is 0.133. The largest absolute Gasteiger partial charge is 0.501 e. The first-order valence-electron chi connectivity index (χ1n) is 37.0. The molecule has 17 aromatic rings. The smallest absolute Gasteiger partial charge is 0.120 e. The van der Waals surface area contributed by atoms with Crippen LogP contribution in [0.1, 0.15) is 34.6 Å². The summed E-state index contributed by atoms with van der Waals surface area (Å²) in [4.78, 5) is 26.0. The maximum absolute atomic E-state index is 7.82. The minimum Gasteiger partial charge on any atom is -0.501 e. The molecule has 0 unspecified atom stereocenters. The van der Waals surface area contributed by atoms with Crippen LogP contribution in [0.25, 0.3) is 123 Å². The fourth-order valence-corrected chi connectivity index (χ4v) is 10.7. The molecular formula is C94H70Ir3N6O-6. The zero-order valence-corrected chi connectivity index (χ0v) is 63.3. The van der Waals surface area contributed by atoms with Gasteiger partial charge in [-0.3, -0.25) is 0 Å². The van der Waals surface area contributed by atoms with E-state index in [4.69, 9.17) is 16.8 Å². The van der Waals surface area contributed by atoms with E-state index in [9.17, 15) is 0 Å². The van der Waals surface area contributed by atoms with Crippen LogP contribution >= 0.6 is 0 Å². The molecule has 10 aromatic carbocycles. The number of nitrogens with zero attached hydrogens (tertiary/aromatic N) is 6. The van der Waals surface area contributed by atoms with Crippen molar-refractivity contribution in [1.82, 2.24) is 29.9 Å². The van der Waals surface area contributed by atoms with Gasteiger partial charge in [0, 0.05) is 126 Å². The van der Waals surface area contributed by atoms with Crippen molar-refractivity contribution in [2.45, 2.75) is 27.5 Å². The topological polar surface area (TPSA) is 90.5 Å². The Labute approximate surface area is 663 Å². The Bertz CT molecular complexity index is 5570. The second-order valence-corrected chi connectivity index (χ2v) is 22.7. The summed E-state index contributed by atoms with van der Waals surface area (Å²) in [5.41, 5.74) is 20.4. The molecule has 10 heteroatoms. The first-order valence-corrected chi connectivity index (χ1v) is 32.5. The first-order chi connectivity index (χ1) is 53.4. The number of hydrogen-bond donors (Lipinski definition) is 0. The molecule has 0 amide bonds. The normalized spacial score (nSPS) is 11.7. The Morgan fingerprint density at radius 1 is 0.288 bits per heavy atom. The van der Waals surface area contributed by atoms with Gasteiger partial charge in [0.2, 0.25) is 0 Å². The van der Waals surface area contributed by atoms with Gasteiger partial charge in [-0.15, -0.1) is 198 Å². The van der Waals surface area contributed by atoms with Crippen molar-refractivity contribution in [3.05, 3.63) is 411 Å². The van der Waals surface area contributed by atoms with Crippen molar-refractivity contribution < 1.29 is 77.1 Å². The number of aromatic nitrogens is 6. The number of rotatable bonds is 9. The predicted molar refractivity (Wildman–Crippen MR) is 414 cm³/mol. The van der Waals surface area contributed by atoms with Gasteiger partial charge in [-0.1, -0.05) is 175 Å². The Hall–Kier alpha value is -11.2. The SMILES string of the molecule is Cc1cc(-c2[c-]cccc2)ncc1-c1ccccc1.[2H]C([2H])([2H])c1cc(-c2[c-]cccc2)ncc1-c1ccccc1.[2H]C([2H])([2H])c1ccc(-c2[c-]cccc2)nc1.[2H]C([2H])([2H])c1ccc(-c2[c-]cccc2)nc1.[Ir].[Ir].[Ir].[c-]1ccc2c(oc3ccccc32)c1-c1ccccn1.[c-]1ccccc1-c1cc(-c2ccccc2)ccn1. The average molecular weight is 1890 g/mol. The van der Waals surface area contributed by atoms with Gasteiger partial charge in [0.1, 0.15) is 5.58 Å². The maximum atomic E-state index is 7.82. The summed E-state index contributed by atoms with van der Waals surface area (Å²) in [5, 5.41) is 2.23. The molecule has 3 radical (unpaired) electrons. The fourth-order valence-electron chi connectivity index (χ4n) is 10.7. The van der Waals surface area contributed by atoms with Crippen molar-refractivity contribution in [1.29, 1.82) is 0 Å². The van der Waals surface area contributed by atoms with Crippen LogP contribution in [0.4, 0.5) is 0 Å². The van der Waals surface area contributed by atoms with E-state index in [1.165, 1.54) is 40.2 Å². The molecule has 0 aliphatic rings. The van der Waals surface area contributed by atoms with Crippen LogP contribution in [-0.2, 0) is 60.3 Å². The van der Waals surface area contributed by atoms with Crippen LogP contribution < -0.4 is 0 Å². The number of benzene rings is 10. The van der Waals surface area contributed by atoms with Crippen molar-refractivity contribution in [2.24, 2.45) is 0 Å². The van der Waals surface area contributed by atoms with Crippen LogP contribution in [0.3, 0.4) is 0 Å². The van der Waals surface area contributed by atoms with Gasteiger partial charge in [0.05, 0.1) is 5.58 Å². The molecule has 0 saturated heterocycles. The molecule has 0 aliphatic carbocycles. The van der Waals surface area contributed by atoms with Crippen molar-refractivity contribution in [3.8, 4) is 101 Å². The van der Waals surface area contributed by atoms with Crippen LogP contribution in [-0.4, -0.2) is 29.9 Å². The molecule has 0 atom stereocenters. The van der Waals surface area contributed by atoms with Gasteiger partial charge in [0.25, 0.3) is 0 Å². The minimum atomic E-state index is -2.20. The van der Waals surface area contributed by atoms with Crippen LogP contribution in [0, 0.1) is 63.9 Å². The van der Waals surface area contributed by atoms with E-state index >= 15 is 0 Å². The Morgan fingerprint density at radius 2 is 0.712 bits per heavy atom. The third-order valence-corrected chi connectivity index (χ3v) is 15.8. The molecule has 0 aliphatic heterocycles. The number of para-hydroxylation sites is 1. The zero-order valence-electron chi connectivity index (χ0n) is 65.1. The Morgan fingerprint density at radius 3 is 1.15 bits per heavy atom. The molecule has 0 saturated carbocycles. The molecule has 7 heterocycles. The summed E-state index contributed by atoms with van der Waals surface area (Å²) >= 11 is 0. The van der Waals surface area contributed by atoms with Crippen LogP contribution in [0.5, 0.6) is 0 Å². The van der Waals surface area contributed by atoms with Gasteiger partial charge in [-0.25, -0.2) is 0 Å². The van der Waals surface area contributed by atoms with Crippen molar-refractivity contribution in [3.63, 3.8) is 0 Å². The number of furan rings is 1. The van der Waals surface area contributed by atoms with Crippen molar-refractivity contribution >= 4 is 21.9 Å². The van der Waals surface area contributed by atoms with E-state index in [-0.39, 0.29) is 71.4 Å². The maximum Gasteiger partial charge on any atom is 0.120 e. The molecular weight excluding hydrogens is 1810 g/mol. The molecule has 515 valence electrons. The molecule has 7 nitrogen and oxygen atoms in total. The van der Waals surface area contributed by atoms with E-state index in [1.54, 1.807) is 60.9 Å². The van der Waals surface area contributed by atoms with Crippen LogP contribution in [0.15, 0.2) is 357 Å². The Balaban J connectivity index is 0.000000155. The third-order valence-electron chi connectivity index (χ3n) is 15.8. The van der Waals surface area contributed by atoms with E-state index in [0.717, 1.165) is 89.4 Å². The molecule has 7 aromatic heterocycles. The van der Waals surface area contributed by atoms with Gasteiger partial charge < -0.3 is 34.3 Å². The molecule has 0 bridgehead atoms. The number of pyridine rings is 6. The molecule has 0 spiro atoms. The second kappa shape index (κ2) is 39.9. The number of aryl methyl sites for hydroxylation is 4. The van der Waals surface area contributed by atoms with Crippen LogP contribution in [0.2, 0.25) is 0 Å². The summed E-state index contributed by atoms with van der Waals surface area (Å²) in [6.07, 6.45) is 9.99. The fraction of sp³-hybridized carbons (Fsp3) is 0.0426. The summed E-state index contributed by atoms with van der Waals surface area (Å²) < 4.78 is 72.8. The molecule has 17 rings (SSSR count). The summed E-state index contributed by atoms with van der Waals surface area (Å²) in [6.45, 7) is -4.26. The van der Waals surface area contributed by atoms with E-state index in [2.05, 4.69) is 116 Å². The molecule has 104 heavy (non-hydrogen) atoms. The molecule has 0 N–H and O–H groups in total. The molecule has 0 fully saturated rings. The van der Waals surface area contributed by atoms with Gasteiger partial charge in [-0.2, -0.15) is 0 Å². The van der Waals surface area contributed by atoms with Gasteiger partial charge in [0.15, 0.2) is 0 Å². The van der Waals surface area contributed by atoms with Gasteiger partial charge >= 0.3 is 0 Å². The average Bonchev–Trinajstić information content (AvgIpc) is 1.61.